The second-order valence-electron chi connectivity index (χ2n) is 2.01. The molecule has 10 heavy (non-hydrogen) atoms. The molecule has 0 aliphatic rings. The van der Waals surface area contributed by atoms with Gasteiger partial charge in [-0.15, -0.1) is 0 Å². The fraction of sp³-hybridized carbons (Fsp3) is 0.143. The van der Waals surface area contributed by atoms with Crippen molar-refractivity contribution >= 4 is 19.2 Å². The van der Waals surface area contributed by atoms with E-state index in [0.29, 0.717) is 5.56 Å². The average Bonchev–Trinajstić information content (AvgIpc) is 2.04. The van der Waals surface area contributed by atoms with E-state index in [2.05, 4.69) is 4.98 Å². The molecule has 1 rings (SSSR count). The number of aromatic nitrogens is 1. The monoisotopic (exact) mass is 133 g/mol. The van der Waals surface area contributed by atoms with Crippen LogP contribution < -0.4 is 5.59 Å². The molecule has 0 aliphatic carbocycles. The Morgan fingerprint density at radius 3 is 3.00 bits per heavy atom. The third-order valence-electron chi connectivity index (χ3n) is 1.39. The van der Waals surface area contributed by atoms with Gasteiger partial charge in [-0.3, -0.25) is 9.78 Å². The van der Waals surface area contributed by atoms with E-state index < -0.39 is 0 Å². The second-order valence-corrected chi connectivity index (χ2v) is 2.01. The molecule has 50 valence electrons. The first-order valence-electron chi connectivity index (χ1n) is 3.27. The molecular formula is C7H8BNO. The number of aldehydes is 1. The molecule has 1 aromatic heterocycles. The Kier molecular flexibility index (Phi) is 2.21. The minimum atomic E-state index is 0.699. The predicted octanol–water partition coefficient (Wildman–Crippen LogP) is 0.00400. The highest BCUT2D eigenvalue weighted by Crippen LogP contribution is 1.86. The molecule has 0 spiro atoms. The Morgan fingerprint density at radius 2 is 2.50 bits per heavy atom. The van der Waals surface area contributed by atoms with Gasteiger partial charge < -0.3 is 0 Å². The normalized spacial score (nSPS) is 8.90. The van der Waals surface area contributed by atoms with E-state index in [0.717, 1.165) is 19.2 Å². The van der Waals surface area contributed by atoms with Crippen molar-refractivity contribution in [1.29, 1.82) is 0 Å². The maximum Gasteiger partial charge on any atom is 0.180 e. The molecule has 0 bridgehead atoms. The Morgan fingerprint density at radius 1 is 1.70 bits per heavy atom. The van der Waals surface area contributed by atoms with E-state index in [9.17, 15) is 4.79 Å². The lowest BCUT2D eigenvalue weighted by Gasteiger charge is -1.95. The van der Waals surface area contributed by atoms with Crippen LogP contribution in [0.1, 0.15) is 10.4 Å². The van der Waals surface area contributed by atoms with E-state index in [1.807, 2.05) is 6.82 Å². The molecule has 0 unspecified atom stereocenters. The number of rotatable bonds is 2. The highest BCUT2D eigenvalue weighted by molar-refractivity contribution is 6.52. The van der Waals surface area contributed by atoms with E-state index in [-0.39, 0.29) is 0 Å². The van der Waals surface area contributed by atoms with Crippen LogP contribution in [0.5, 0.6) is 0 Å². The predicted molar refractivity (Wildman–Crippen MR) is 42.3 cm³/mol. The molecule has 1 heterocycles. The van der Waals surface area contributed by atoms with Crippen molar-refractivity contribution < 1.29 is 4.79 Å². The molecule has 2 nitrogen and oxygen atoms in total. The molecule has 0 N–H and O–H groups in total. The lowest BCUT2D eigenvalue weighted by molar-refractivity contribution is 0.112. The molecule has 0 saturated heterocycles. The zero-order chi connectivity index (χ0) is 7.40. The molecule has 0 aliphatic heterocycles. The molecular weight excluding hydrogens is 125 g/mol. The Bertz CT molecular complexity index is 237. The third-order valence-corrected chi connectivity index (χ3v) is 1.39. The third kappa shape index (κ3) is 1.24. The van der Waals surface area contributed by atoms with Crippen molar-refractivity contribution in [2.45, 2.75) is 6.82 Å². The van der Waals surface area contributed by atoms with Gasteiger partial charge in [0, 0.05) is 17.4 Å². The Balaban J connectivity index is 3.08. The second kappa shape index (κ2) is 3.15. The fourth-order valence-corrected chi connectivity index (χ4v) is 0.853. The SMILES string of the molecule is CBc1ncccc1C=O. The molecule has 0 amide bonds. The smallest absolute Gasteiger partial charge is 0.180 e. The number of hydrogen-bond acceptors (Lipinski definition) is 2. The van der Waals surface area contributed by atoms with Gasteiger partial charge in [0.05, 0.1) is 0 Å². The van der Waals surface area contributed by atoms with Crippen LogP contribution in [0.3, 0.4) is 0 Å². The maximum absolute atomic E-state index is 10.3. The summed E-state index contributed by atoms with van der Waals surface area (Å²) >= 11 is 0. The summed E-state index contributed by atoms with van der Waals surface area (Å²) in [6.07, 6.45) is 2.54. The van der Waals surface area contributed by atoms with E-state index in [1.54, 1.807) is 18.3 Å². The van der Waals surface area contributed by atoms with Crippen LogP contribution in [0.25, 0.3) is 0 Å². The highest BCUT2D eigenvalue weighted by Gasteiger charge is 1.97. The van der Waals surface area contributed by atoms with Gasteiger partial charge in [-0.2, -0.15) is 0 Å². The molecule has 0 saturated carbocycles. The standard InChI is InChI=1S/C7H8BNO/c1-8-7-6(5-10)3-2-4-9-7/h2-5,8H,1H3. The zero-order valence-corrected chi connectivity index (χ0v) is 5.87. The summed E-state index contributed by atoms with van der Waals surface area (Å²) < 4.78 is 0. The molecule has 0 atom stereocenters. The van der Waals surface area contributed by atoms with Gasteiger partial charge in [-0.25, -0.2) is 0 Å². The maximum atomic E-state index is 10.3. The first kappa shape index (κ1) is 7.00. The lowest BCUT2D eigenvalue weighted by atomic mass is 9.75. The Hall–Kier alpha value is -1.12. The zero-order valence-electron chi connectivity index (χ0n) is 5.87. The van der Waals surface area contributed by atoms with Crippen molar-refractivity contribution in [1.82, 2.24) is 4.98 Å². The molecule has 0 aromatic carbocycles. The van der Waals surface area contributed by atoms with Crippen LogP contribution >= 0.6 is 0 Å². The van der Waals surface area contributed by atoms with Crippen molar-refractivity contribution in [2.24, 2.45) is 0 Å². The minimum Gasteiger partial charge on any atom is -0.298 e. The van der Waals surface area contributed by atoms with Gasteiger partial charge in [0.2, 0.25) is 0 Å². The van der Waals surface area contributed by atoms with Crippen LogP contribution in [0.2, 0.25) is 6.82 Å². The number of pyridine rings is 1. The summed E-state index contributed by atoms with van der Waals surface area (Å²) in [4.78, 5) is 14.4. The average molecular weight is 133 g/mol. The van der Waals surface area contributed by atoms with Gasteiger partial charge in [0.25, 0.3) is 0 Å². The van der Waals surface area contributed by atoms with Crippen molar-refractivity contribution in [2.75, 3.05) is 0 Å². The molecule has 1 aromatic rings. The van der Waals surface area contributed by atoms with Gasteiger partial charge in [0.1, 0.15) is 0 Å². The quantitative estimate of drug-likeness (QED) is 0.420. The number of carbonyl (C=O) groups is 1. The largest absolute Gasteiger partial charge is 0.298 e. The van der Waals surface area contributed by atoms with Crippen LogP contribution in [0.4, 0.5) is 0 Å². The Labute approximate surface area is 60.5 Å². The van der Waals surface area contributed by atoms with Crippen LogP contribution in [-0.2, 0) is 0 Å². The topological polar surface area (TPSA) is 30.0 Å². The molecule has 0 fully saturated rings. The summed E-state index contributed by atoms with van der Waals surface area (Å²) in [5.41, 5.74) is 1.57. The summed E-state index contributed by atoms with van der Waals surface area (Å²) in [6, 6.07) is 3.54. The van der Waals surface area contributed by atoms with E-state index >= 15 is 0 Å². The van der Waals surface area contributed by atoms with Gasteiger partial charge >= 0.3 is 0 Å². The summed E-state index contributed by atoms with van der Waals surface area (Å²) in [7, 11) is 0.814. The first-order chi connectivity index (χ1) is 4.88. The van der Waals surface area contributed by atoms with Crippen molar-refractivity contribution in [3.63, 3.8) is 0 Å². The van der Waals surface area contributed by atoms with Gasteiger partial charge in [-0.05, 0) is 12.1 Å². The van der Waals surface area contributed by atoms with Gasteiger partial charge in [-0.1, -0.05) is 6.82 Å². The number of carbonyl (C=O) groups excluding carboxylic acids is 1. The van der Waals surface area contributed by atoms with Crippen LogP contribution in [-0.4, -0.2) is 18.5 Å². The summed E-state index contributed by atoms with van der Waals surface area (Å²) in [5, 5.41) is 0. The van der Waals surface area contributed by atoms with Crippen LogP contribution in [0.15, 0.2) is 18.3 Å². The van der Waals surface area contributed by atoms with Crippen LogP contribution in [0, 0.1) is 0 Å². The number of hydrogen-bond donors (Lipinski definition) is 0. The van der Waals surface area contributed by atoms with E-state index in [1.165, 1.54) is 0 Å². The molecule has 3 heteroatoms. The minimum absolute atomic E-state index is 0.699. The summed E-state index contributed by atoms with van der Waals surface area (Å²) in [6.45, 7) is 1.98. The fourth-order valence-electron chi connectivity index (χ4n) is 0.853. The van der Waals surface area contributed by atoms with Gasteiger partial charge in [0.15, 0.2) is 13.6 Å². The number of nitrogens with zero attached hydrogens (tertiary/aromatic N) is 1. The van der Waals surface area contributed by atoms with Crippen molar-refractivity contribution in [3.8, 4) is 0 Å². The first-order valence-corrected chi connectivity index (χ1v) is 3.27. The lowest BCUT2D eigenvalue weighted by Crippen LogP contribution is -2.19. The van der Waals surface area contributed by atoms with Crippen molar-refractivity contribution in [3.05, 3.63) is 23.9 Å². The summed E-state index contributed by atoms with van der Waals surface area (Å²) in [5.74, 6) is 0. The molecule has 0 radical (unpaired) electrons. The van der Waals surface area contributed by atoms with E-state index in [4.69, 9.17) is 0 Å². The highest BCUT2D eigenvalue weighted by atomic mass is 16.1.